The lowest BCUT2D eigenvalue weighted by Crippen LogP contribution is -2.45. The minimum absolute atomic E-state index is 0.0766. The molecule has 0 radical (unpaired) electrons. The summed E-state index contributed by atoms with van der Waals surface area (Å²) in [6, 6.07) is 0. The molecule has 8 rings (SSSR count). The summed E-state index contributed by atoms with van der Waals surface area (Å²) in [6.45, 7) is -4.08. The highest BCUT2D eigenvalue weighted by Crippen LogP contribution is 2.60. The summed E-state index contributed by atoms with van der Waals surface area (Å²) in [6.07, 6.45) is 1.84. The molecule has 4 fully saturated rings. The fraction of sp³-hybridized carbons (Fsp3) is 0.524. The van der Waals surface area contributed by atoms with Crippen molar-refractivity contribution in [2.75, 3.05) is 31.3 Å². The van der Waals surface area contributed by atoms with Crippen LogP contribution >= 0.6 is 38.9 Å². The largest absolute Gasteiger partial charge is 0.386 e. The molecule has 8 heterocycles. The first-order valence-electron chi connectivity index (χ1n) is 13.0. The summed E-state index contributed by atoms with van der Waals surface area (Å²) in [5.41, 5.74) is 12.4. The molecule has 0 saturated carbocycles. The van der Waals surface area contributed by atoms with Gasteiger partial charge in [0.1, 0.15) is 47.6 Å². The molecule has 4 aromatic rings. The molecule has 0 aliphatic carbocycles. The van der Waals surface area contributed by atoms with Gasteiger partial charge in [0.2, 0.25) is 7.58 Å². The van der Waals surface area contributed by atoms with Crippen LogP contribution in [0.1, 0.15) is 18.9 Å². The van der Waals surface area contributed by atoms with E-state index >= 15 is 0 Å². The normalized spacial score (nSPS) is 38.1. The second-order valence-corrected chi connectivity index (χ2v) is 15.1. The number of imidazole rings is 2. The molecule has 4 aromatic heterocycles. The molecule has 4 bridgehead atoms. The first-order valence-corrected chi connectivity index (χ1v) is 18.0. The Hall–Kier alpha value is -2.22. The summed E-state index contributed by atoms with van der Waals surface area (Å²) in [4.78, 5) is 25.2. The van der Waals surface area contributed by atoms with Gasteiger partial charge < -0.3 is 34.7 Å². The number of aromatic nitrogens is 8. The number of thiol groups is 2. The number of rotatable bonds is 2. The molecule has 4 saturated heterocycles. The third-order valence-corrected chi connectivity index (χ3v) is 10.8. The van der Waals surface area contributed by atoms with Gasteiger partial charge in [0.15, 0.2) is 35.4 Å². The van der Waals surface area contributed by atoms with Gasteiger partial charge in [0.05, 0.1) is 38.6 Å². The van der Waals surface area contributed by atoms with Crippen molar-refractivity contribution in [3.8, 4) is 0 Å². The molecule has 4 aliphatic heterocycles. The van der Waals surface area contributed by atoms with Gasteiger partial charge in [0, 0.05) is 6.42 Å². The van der Waals surface area contributed by atoms with Crippen molar-refractivity contribution in [2.24, 2.45) is 0 Å². The molecule has 0 aromatic carbocycles. The summed E-state index contributed by atoms with van der Waals surface area (Å²) in [5, 5.41) is 0. The summed E-state index contributed by atoms with van der Waals surface area (Å²) >= 11 is 8.90. The van der Waals surface area contributed by atoms with Crippen LogP contribution in [0.2, 0.25) is 0 Å². The molecule has 0 spiro atoms. The standard InChI is InChI=1S/C21H24N10O8P2S2/c22-15-11-17(26-5-24-15)30(7-28-11)19-10-1-9(36-19)2-34-40(42)38-14-13-20(31-8-29-12-16(23)25-6-27-18(12)31)37-21(14,3-33-13)4-35-41(32,43)39-10/h5-10,13-14,19-20,42H,1-4H2,(H,32,43)(H2,22,24,26)(H2,23,25,27)/t9-,10+,13+,14-,19+,20+,21+,40-,41+/m0/s1. The van der Waals surface area contributed by atoms with Crippen molar-refractivity contribution < 1.29 is 36.9 Å². The van der Waals surface area contributed by atoms with Gasteiger partial charge in [-0.05, 0) is 0 Å². The zero-order valence-corrected chi connectivity index (χ0v) is 25.5. The van der Waals surface area contributed by atoms with Crippen LogP contribution in [0.4, 0.5) is 11.6 Å². The highest BCUT2D eigenvalue weighted by atomic mass is 32.7. The van der Waals surface area contributed by atoms with E-state index in [1.165, 1.54) is 25.3 Å². The predicted octanol–water partition coefficient (Wildman–Crippen LogP) is 1.80. The predicted molar refractivity (Wildman–Crippen MR) is 155 cm³/mol. The Bertz CT molecular complexity index is 1770. The fourth-order valence-corrected chi connectivity index (χ4v) is 8.70. The van der Waals surface area contributed by atoms with Crippen LogP contribution < -0.4 is 11.5 Å². The molecule has 9 atom stereocenters. The minimum Gasteiger partial charge on any atom is -0.382 e. The van der Waals surface area contributed by atoms with E-state index in [0.29, 0.717) is 28.7 Å². The Balaban J connectivity index is 1.10. The highest BCUT2D eigenvalue weighted by molar-refractivity contribution is 8.44. The van der Waals surface area contributed by atoms with Gasteiger partial charge in [0.25, 0.3) is 0 Å². The van der Waals surface area contributed by atoms with Gasteiger partial charge in [-0.15, -0.1) is 0 Å². The first kappa shape index (κ1) is 28.3. The monoisotopic (exact) mass is 670 g/mol. The number of hydrogen-bond acceptors (Lipinski definition) is 17. The van der Waals surface area contributed by atoms with Crippen molar-refractivity contribution in [3.63, 3.8) is 0 Å². The van der Waals surface area contributed by atoms with E-state index in [0.717, 1.165) is 0 Å². The molecule has 0 unspecified atom stereocenters. The van der Waals surface area contributed by atoms with Gasteiger partial charge >= 0.3 is 6.80 Å². The zero-order valence-electron chi connectivity index (χ0n) is 21.9. The molecular weight excluding hydrogens is 646 g/mol. The Morgan fingerprint density at radius 1 is 0.977 bits per heavy atom. The average molecular weight is 671 g/mol. The summed E-state index contributed by atoms with van der Waals surface area (Å²) in [7, 11) is -1.75. The van der Waals surface area contributed by atoms with E-state index in [-0.39, 0.29) is 31.5 Å². The van der Waals surface area contributed by atoms with Crippen LogP contribution in [-0.2, 0) is 36.9 Å². The van der Waals surface area contributed by atoms with E-state index in [4.69, 9.17) is 43.8 Å². The molecule has 228 valence electrons. The molecule has 4 N–H and O–H groups in total. The third kappa shape index (κ3) is 4.71. The average Bonchev–Trinajstić information content (AvgIpc) is 3.79. The van der Waals surface area contributed by atoms with Crippen molar-refractivity contribution in [3.05, 3.63) is 25.3 Å². The van der Waals surface area contributed by atoms with Crippen molar-refractivity contribution in [1.29, 1.82) is 0 Å². The Morgan fingerprint density at radius 2 is 1.65 bits per heavy atom. The molecule has 22 heteroatoms. The topological polar surface area (TPSA) is 221 Å². The van der Waals surface area contributed by atoms with Crippen molar-refractivity contribution >= 4 is 72.8 Å². The van der Waals surface area contributed by atoms with Crippen LogP contribution in [0.5, 0.6) is 0 Å². The van der Waals surface area contributed by atoms with Gasteiger partial charge in [-0.3, -0.25) is 18.2 Å². The van der Waals surface area contributed by atoms with Crippen LogP contribution in [0.15, 0.2) is 25.3 Å². The van der Waals surface area contributed by atoms with Gasteiger partial charge in [-0.2, -0.15) is 0 Å². The maximum Gasteiger partial charge on any atom is 0.386 e. The summed E-state index contributed by atoms with van der Waals surface area (Å²) < 4.78 is 60.1. The van der Waals surface area contributed by atoms with Gasteiger partial charge in [-0.1, -0.05) is 24.5 Å². The number of nitrogens with zero attached hydrogens (tertiary/aromatic N) is 8. The first-order chi connectivity index (χ1) is 20.7. The second-order valence-electron chi connectivity index (χ2n) is 10.3. The highest BCUT2D eigenvalue weighted by Gasteiger charge is 2.65. The van der Waals surface area contributed by atoms with Crippen LogP contribution in [-0.4, -0.2) is 88.9 Å². The van der Waals surface area contributed by atoms with E-state index in [9.17, 15) is 4.57 Å². The van der Waals surface area contributed by atoms with Gasteiger partial charge in [-0.25, -0.2) is 34.5 Å². The SMILES string of the molecule is Nc1ncnc2c1ncn2[C@@H]1O[C@@]23CO[C@@H]1[C@@H]2O[P@@](S)OC[C@@H]1C[C@@H](O[P@](=O)(S)OC3)[C@H](n2cnc3c(N)ncnc32)O1. The lowest BCUT2D eigenvalue weighted by atomic mass is 10.0. The second kappa shape index (κ2) is 10.4. The summed E-state index contributed by atoms with van der Waals surface area (Å²) in [5.74, 6) is 0.436. The number of fused-ring (bicyclic) bond motifs is 4. The van der Waals surface area contributed by atoms with E-state index in [2.05, 4.69) is 54.4 Å². The van der Waals surface area contributed by atoms with E-state index < -0.39 is 56.8 Å². The van der Waals surface area contributed by atoms with Crippen molar-refractivity contribution in [1.82, 2.24) is 39.0 Å². The zero-order chi connectivity index (χ0) is 29.5. The Kier molecular flexibility index (Phi) is 6.85. The maximum absolute atomic E-state index is 13.7. The molecular formula is C21H24N10O8P2S2. The number of nitrogens with two attached hydrogens (primary N) is 2. The Labute approximate surface area is 253 Å². The lowest BCUT2D eigenvalue weighted by molar-refractivity contribution is -0.182. The molecule has 18 nitrogen and oxygen atoms in total. The minimum atomic E-state index is -4.01. The Morgan fingerprint density at radius 3 is 2.35 bits per heavy atom. The van der Waals surface area contributed by atoms with Crippen LogP contribution in [0.25, 0.3) is 22.3 Å². The van der Waals surface area contributed by atoms with E-state index in [1.54, 1.807) is 9.13 Å². The molecule has 43 heavy (non-hydrogen) atoms. The fourth-order valence-electron chi connectivity index (χ4n) is 5.82. The number of hydrogen-bond donors (Lipinski definition) is 4. The van der Waals surface area contributed by atoms with Crippen LogP contribution in [0.3, 0.4) is 0 Å². The lowest BCUT2D eigenvalue weighted by Gasteiger charge is -2.32. The maximum atomic E-state index is 13.7. The van der Waals surface area contributed by atoms with E-state index in [1.807, 2.05) is 0 Å². The number of anilines is 2. The quantitative estimate of drug-likeness (QED) is 0.176. The third-order valence-electron chi connectivity index (χ3n) is 7.76. The molecule has 0 amide bonds. The number of nitrogen functional groups attached to an aromatic ring is 2. The molecule has 4 aliphatic rings. The number of ether oxygens (including phenoxy) is 3. The smallest absolute Gasteiger partial charge is 0.382 e. The van der Waals surface area contributed by atoms with Crippen molar-refractivity contribution in [2.45, 2.75) is 48.9 Å². The van der Waals surface area contributed by atoms with Crippen LogP contribution in [0, 0.1) is 0 Å².